The Balaban J connectivity index is 1.58. The minimum atomic E-state index is -4.26. The fourth-order valence-corrected chi connectivity index (χ4v) is 2.24. The SMILES string of the molecule is O=C(CNCC(F)(F)F)NCC1(C2CC2)CC1. The number of amides is 1. The van der Waals surface area contributed by atoms with E-state index in [1.165, 1.54) is 12.8 Å². The quantitative estimate of drug-likeness (QED) is 0.749. The van der Waals surface area contributed by atoms with E-state index in [9.17, 15) is 18.0 Å². The van der Waals surface area contributed by atoms with Gasteiger partial charge in [-0.2, -0.15) is 13.2 Å². The minimum Gasteiger partial charge on any atom is -0.354 e. The lowest BCUT2D eigenvalue weighted by molar-refractivity contribution is -0.128. The van der Waals surface area contributed by atoms with E-state index in [2.05, 4.69) is 10.6 Å². The number of alkyl halides is 3. The average molecular weight is 250 g/mol. The largest absolute Gasteiger partial charge is 0.401 e. The highest BCUT2D eigenvalue weighted by Gasteiger charge is 2.53. The average Bonchev–Trinajstić information content (AvgIpc) is 3.05. The van der Waals surface area contributed by atoms with E-state index in [-0.39, 0.29) is 12.5 Å². The van der Waals surface area contributed by atoms with Gasteiger partial charge in [-0.1, -0.05) is 0 Å². The molecule has 0 aromatic rings. The fourth-order valence-electron chi connectivity index (χ4n) is 2.24. The monoisotopic (exact) mass is 250 g/mol. The Labute approximate surface area is 98.1 Å². The van der Waals surface area contributed by atoms with Crippen LogP contribution in [-0.4, -0.2) is 31.7 Å². The lowest BCUT2D eigenvalue weighted by Crippen LogP contribution is -2.40. The standard InChI is InChI=1S/C11H17F3N2O/c12-11(13,14)7-15-5-9(17)16-6-10(3-4-10)8-1-2-8/h8,15H,1-7H2,(H,16,17). The van der Waals surface area contributed by atoms with Crippen molar-refractivity contribution in [3.63, 3.8) is 0 Å². The van der Waals surface area contributed by atoms with Crippen molar-refractivity contribution in [1.82, 2.24) is 10.6 Å². The zero-order valence-electron chi connectivity index (χ0n) is 9.57. The van der Waals surface area contributed by atoms with Gasteiger partial charge in [0.2, 0.25) is 5.91 Å². The Morgan fingerprint density at radius 3 is 2.41 bits per heavy atom. The number of rotatable bonds is 6. The van der Waals surface area contributed by atoms with Gasteiger partial charge < -0.3 is 10.6 Å². The zero-order chi connectivity index (χ0) is 12.5. The first-order chi connectivity index (χ1) is 7.91. The van der Waals surface area contributed by atoms with Crippen LogP contribution in [0, 0.1) is 11.3 Å². The number of nitrogens with one attached hydrogen (secondary N) is 2. The van der Waals surface area contributed by atoms with E-state index >= 15 is 0 Å². The van der Waals surface area contributed by atoms with Crippen LogP contribution in [0.15, 0.2) is 0 Å². The van der Waals surface area contributed by atoms with Gasteiger partial charge in [-0.15, -0.1) is 0 Å². The predicted molar refractivity (Wildman–Crippen MR) is 56.3 cm³/mol. The minimum absolute atomic E-state index is 0.264. The van der Waals surface area contributed by atoms with Crippen LogP contribution in [0.5, 0.6) is 0 Å². The molecule has 0 bridgehead atoms. The molecule has 0 aliphatic heterocycles. The molecule has 2 rings (SSSR count). The van der Waals surface area contributed by atoms with Crippen LogP contribution < -0.4 is 10.6 Å². The molecule has 0 radical (unpaired) electrons. The summed E-state index contributed by atoms with van der Waals surface area (Å²) in [6.07, 6.45) is 0.512. The van der Waals surface area contributed by atoms with Gasteiger partial charge in [-0.05, 0) is 37.0 Å². The first kappa shape index (κ1) is 12.7. The number of halogens is 3. The van der Waals surface area contributed by atoms with Gasteiger partial charge in [0.05, 0.1) is 13.1 Å². The van der Waals surface area contributed by atoms with Gasteiger partial charge in [-0.25, -0.2) is 0 Å². The summed E-state index contributed by atoms with van der Waals surface area (Å²) in [5.74, 6) is 0.395. The molecular weight excluding hydrogens is 233 g/mol. The predicted octanol–water partition coefficient (Wildman–Crippen LogP) is 1.44. The van der Waals surface area contributed by atoms with Crippen molar-refractivity contribution in [2.24, 2.45) is 11.3 Å². The van der Waals surface area contributed by atoms with Gasteiger partial charge in [0.15, 0.2) is 0 Å². The second kappa shape index (κ2) is 4.48. The van der Waals surface area contributed by atoms with Crippen molar-refractivity contribution in [1.29, 1.82) is 0 Å². The van der Waals surface area contributed by atoms with Gasteiger partial charge in [0.25, 0.3) is 0 Å². The summed E-state index contributed by atoms with van der Waals surface area (Å²) in [6.45, 7) is -0.751. The van der Waals surface area contributed by atoms with Gasteiger partial charge in [-0.3, -0.25) is 4.79 Å². The smallest absolute Gasteiger partial charge is 0.354 e. The fraction of sp³-hybridized carbons (Fsp3) is 0.909. The number of hydrogen-bond acceptors (Lipinski definition) is 2. The van der Waals surface area contributed by atoms with Gasteiger partial charge >= 0.3 is 6.18 Å². The molecule has 98 valence electrons. The highest BCUT2D eigenvalue weighted by Crippen LogP contribution is 2.60. The molecular formula is C11H17F3N2O. The molecule has 2 N–H and O–H groups in total. The first-order valence-corrected chi connectivity index (χ1v) is 5.95. The van der Waals surface area contributed by atoms with Crippen LogP contribution in [0.25, 0.3) is 0 Å². The topological polar surface area (TPSA) is 41.1 Å². The first-order valence-electron chi connectivity index (χ1n) is 5.95. The molecule has 0 unspecified atom stereocenters. The maximum absolute atomic E-state index is 11.8. The highest BCUT2D eigenvalue weighted by molar-refractivity contribution is 5.78. The summed E-state index contributed by atoms with van der Waals surface area (Å²) < 4.78 is 35.4. The second-order valence-corrected chi connectivity index (χ2v) is 5.13. The molecule has 1 amide bonds. The van der Waals surface area contributed by atoms with Crippen LogP contribution >= 0.6 is 0 Å². The Morgan fingerprint density at radius 1 is 1.29 bits per heavy atom. The molecule has 0 atom stereocenters. The number of hydrogen-bond donors (Lipinski definition) is 2. The summed E-state index contributed by atoms with van der Waals surface area (Å²) in [5.41, 5.74) is 0.291. The third-order valence-electron chi connectivity index (χ3n) is 3.58. The van der Waals surface area contributed by atoms with E-state index < -0.39 is 12.7 Å². The maximum atomic E-state index is 11.8. The van der Waals surface area contributed by atoms with Crippen molar-refractivity contribution >= 4 is 5.91 Å². The molecule has 17 heavy (non-hydrogen) atoms. The van der Waals surface area contributed by atoms with Crippen molar-refractivity contribution < 1.29 is 18.0 Å². The molecule has 0 saturated heterocycles. The number of carbonyl (C=O) groups is 1. The molecule has 2 fully saturated rings. The molecule has 2 aliphatic carbocycles. The van der Waals surface area contributed by atoms with Crippen molar-refractivity contribution in [3.05, 3.63) is 0 Å². The molecule has 0 spiro atoms. The molecule has 0 aromatic heterocycles. The molecule has 0 aromatic carbocycles. The molecule has 2 saturated carbocycles. The Hall–Kier alpha value is -0.780. The molecule has 0 heterocycles. The third kappa shape index (κ3) is 3.87. The van der Waals surface area contributed by atoms with Crippen molar-refractivity contribution in [3.8, 4) is 0 Å². The summed E-state index contributed by atoms with van der Waals surface area (Å²) in [7, 11) is 0. The number of carbonyl (C=O) groups excluding carboxylic acids is 1. The van der Waals surface area contributed by atoms with E-state index in [0.717, 1.165) is 18.8 Å². The lowest BCUT2D eigenvalue weighted by Gasteiger charge is -2.15. The maximum Gasteiger partial charge on any atom is 0.401 e. The summed E-state index contributed by atoms with van der Waals surface area (Å²) >= 11 is 0. The lowest BCUT2D eigenvalue weighted by atomic mass is 10.0. The van der Waals surface area contributed by atoms with Crippen LogP contribution in [0.1, 0.15) is 25.7 Å². The Kier molecular flexibility index (Phi) is 3.34. The highest BCUT2D eigenvalue weighted by atomic mass is 19.4. The summed E-state index contributed by atoms with van der Waals surface area (Å²) in [4.78, 5) is 11.3. The van der Waals surface area contributed by atoms with Gasteiger partial charge in [0.1, 0.15) is 0 Å². The molecule has 2 aliphatic rings. The van der Waals surface area contributed by atoms with Crippen LogP contribution in [0.4, 0.5) is 13.2 Å². The Morgan fingerprint density at radius 2 is 1.94 bits per heavy atom. The van der Waals surface area contributed by atoms with Crippen LogP contribution in [0.3, 0.4) is 0 Å². The molecule has 6 heteroatoms. The van der Waals surface area contributed by atoms with Crippen molar-refractivity contribution in [2.75, 3.05) is 19.6 Å². The summed E-state index contributed by atoms with van der Waals surface area (Å²) in [5, 5.41) is 4.81. The van der Waals surface area contributed by atoms with E-state index in [0.29, 0.717) is 12.0 Å². The van der Waals surface area contributed by atoms with E-state index in [4.69, 9.17) is 0 Å². The Bertz CT molecular complexity index is 296. The second-order valence-electron chi connectivity index (χ2n) is 5.13. The van der Waals surface area contributed by atoms with Crippen molar-refractivity contribution in [2.45, 2.75) is 31.9 Å². The zero-order valence-corrected chi connectivity index (χ0v) is 9.57. The molecule has 3 nitrogen and oxygen atoms in total. The van der Waals surface area contributed by atoms with E-state index in [1.807, 2.05) is 0 Å². The summed E-state index contributed by atoms with van der Waals surface area (Å²) in [6, 6.07) is 0. The van der Waals surface area contributed by atoms with Crippen LogP contribution in [-0.2, 0) is 4.79 Å². The van der Waals surface area contributed by atoms with Gasteiger partial charge in [0, 0.05) is 6.54 Å². The van der Waals surface area contributed by atoms with E-state index in [1.54, 1.807) is 0 Å². The third-order valence-corrected chi connectivity index (χ3v) is 3.58. The van der Waals surface area contributed by atoms with Crippen LogP contribution in [0.2, 0.25) is 0 Å². The normalized spacial score (nSPS) is 22.3.